The summed E-state index contributed by atoms with van der Waals surface area (Å²) in [5, 5.41) is 10.0. The van der Waals surface area contributed by atoms with Gasteiger partial charge in [-0.25, -0.2) is 4.98 Å². The third-order valence-corrected chi connectivity index (χ3v) is 6.98. The lowest BCUT2D eigenvalue weighted by molar-refractivity contribution is 0.248. The second kappa shape index (κ2) is 6.84. The Labute approximate surface area is 182 Å². The number of nitrogens with zero attached hydrogens (tertiary/aromatic N) is 5. The maximum atomic E-state index is 6.36. The number of pyridine rings is 2. The Morgan fingerprint density at radius 3 is 2.71 bits per heavy atom. The van der Waals surface area contributed by atoms with Crippen molar-refractivity contribution in [3.8, 4) is 11.5 Å². The van der Waals surface area contributed by atoms with Crippen LogP contribution < -0.4 is 5.73 Å². The highest BCUT2D eigenvalue weighted by atomic mass is 15.3. The molecule has 0 amide bonds. The Morgan fingerprint density at radius 2 is 1.94 bits per heavy atom. The van der Waals surface area contributed by atoms with Crippen molar-refractivity contribution in [2.24, 2.45) is 5.73 Å². The van der Waals surface area contributed by atoms with Gasteiger partial charge in [0.25, 0.3) is 0 Å². The monoisotopic (exact) mass is 412 g/mol. The molecule has 4 aromatic rings. The summed E-state index contributed by atoms with van der Waals surface area (Å²) in [6, 6.07) is 15.3. The van der Waals surface area contributed by atoms with Crippen LogP contribution in [-0.2, 0) is 0 Å². The molecule has 1 saturated carbocycles. The quantitative estimate of drug-likeness (QED) is 0.541. The summed E-state index contributed by atoms with van der Waals surface area (Å²) in [6.45, 7) is 6.33. The number of hydrogen-bond donors (Lipinski definition) is 1. The largest absolute Gasteiger partial charge is 0.324 e. The minimum atomic E-state index is -0.103. The van der Waals surface area contributed by atoms with E-state index in [1.54, 1.807) is 0 Å². The molecule has 1 aliphatic carbocycles. The van der Waals surface area contributed by atoms with E-state index in [4.69, 9.17) is 10.7 Å². The number of benzene rings is 1. The topological polar surface area (TPSA) is 72.3 Å². The van der Waals surface area contributed by atoms with Gasteiger partial charge in [0, 0.05) is 36.3 Å². The summed E-state index contributed by atoms with van der Waals surface area (Å²) >= 11 is 0. The second-order valence-electron chi connectivity index (χ2n) is 9.69. The second-order valence-corrected chi connectivity index (χ2v) is 9.69. The Kier molecular flexibility index (Phi) is 4.17. The molecule has 158 valence electrons. The van der Waals surface area contributed by atoms with Crippen LogP contribution in [-0.4, -0.2) is 43.1 Å². The van der Waals surface area contributed by atoms with Gasteiger partial charge in [-0.2, -0.15) is 0 Å². The lowest BCUT2D eigenvalue weighted by Crippen LogP contribution is -2.39. The molecule has 6 heteroatoms. The molecule has 0 radical (unpaired) electrons. The lowest BCUT2D eigenvalue weighted by Gasteiger charge is -2.26. The van der Waals surface area contributed by atoms with Gasteiger partial charge in [0.15, 0.2) is 11.5 Å². The highest BCUT2D eigenvalue weighted by molar-refractivity contribution is 5.82. The molecule has 0 bridgehead atoms. The molecule has 0 unspecified atom stereocenters. The predicted molar refractivity (Wildman–Crippen MR) is 123 cm³/mol. The summed E-state index contributed by atoms with van der Waals surface area (Å²) in [7, 11) is 0. The molecular formula is C25H28N6. The zero-order valence-corrected chi connectivity index (χ0v) is 18.1. The van der Waals surface area contributed by atoms with E-state index in [-0.39, 0.29) is 11.6 Å². The van der Waals surface area contributed by atoms with Gasteiger partial charge in [0.1, 0.15) is 5.69 Å². The van der Waals surface area contributed by atoms with Crippen molar-refractivity contribution >= 4 is 16.6 Å². The van der Waals surface area contributed by atoms with E-state index in [2.05, 4.69) is 69.9 Å². The number of likely N-dealkylation sites (tertiary alicyclic amines) is 1. The van der Waals surface area contributed by atoms with E-state index in [1.165, 1.54) is 24.0 Å². The van der Waals surface area contributed by atoms with E-state index in [0.717, 1.165) is 47.6 Å². The van der Waals surface area contributed by atoms with Gasteiger partial charge in [-0.3, -0.25) is 9.30 Å². The molecule has 31 heavy (non-hydrogen) atoms. The first-order chi connectivity index (χ1) is 15.0. The SMILES string of the molecule is C[C@H](c1ccc2nnc(-c3ccc4ccc(C5CC5)cc4n3)n2c1)N1CC[C@](C)(N)C1. The fourth-order valence-corrected chi connectivity index (χ4v) is 4.82. The highest BCUT2D eigenvalue weighted by Crippen LogP contribution is 2.40. The average molecular weight is 413 g/mol. The van der Waals surface area contributed by atoms with Crippen molar-refractivity contribution in [2.45, 2.75) is 50.6 Å². The fourth-order valence-electron chi connectivity index (χ4n) is 4.82. The normalized spacial score (nSPS) is 23.1. The molecule has 2 fully saturated rings. The van der Waals surface area contributed by atoms with Crippen LogP contribution in [0.3, 0.4) is 0 Å². The maximum Gasteiger partial charge on any atom is 0.187 e. The molecule has 1 aromatic carbocycles. The molecule has 6 rings (SSSR count). The summed E-state index contributed by atoms with van der Waals surface area (Å²) in [5.74, 6) is 1.50. The molecule has 0 spiro atoms. The van der Waals surface area contributed by atoms with E-state index < -0.39 is 0 Å². The van der Waals surface area contributed by atoms with Gasteiger partial charge in [-0.05, 0) is 68.4 Å². The third-order valence-electron chi connectivity index (χ3n) is 6.98. The minimum absolute atomic E-state index is 0.103. The first-order valence-electron chi connectivity index (χ1n) is 11.3. The Bertz CT molecular complexity index is 1290. The van der Waals surface area contributed by atoms with Gasteiger partial charge in [0.05, 0.1) is 5.52 Å². The zero-order valence-electron chi connectivity index (χ0n) is 18.1. The third kappa shape index (κ3) is 3.40. The maximum absolute atomic E-state index is 6.36. The molecule has 1 aliphatic heterocycles. The predicted octanol–water partition coefficient (Wildman–Crippen LogP) is 4.31. The first-order valence-corrected chi connectivity index (χ1v) is 11.3. The van der Waals surface area contributed by atoms with Crippen LogP contribution in [0.4, 0.5) is 0 Å². The zero-order chi connectivity index (χ0) is 21.2. The molecule has 2 aliphatic rings. The van der Waals surface area contributed by atoms with Crippen molar-refractivity contribution in [2.75, 3.05) is 13.1 Å². The molecule has 6 nitrogen and oxygen atoms in total. The first kappa shape index (κ1) is 18.9. The van der Waals surface area contributed by atoms with Crippen molar-refractivity contribution in [3.63, 3.8) is 0 Å². The molecule has 1 saturated heterocycles. The Morgan fingerprint density at radius 1 is 1.10 bits per heavy atom. The van der Waals surface area contributed by atoms with Crippen LogP contribution in [0.5, 0.6) is 0 Å². The van der Waals surface area contributed by atoms with Crippen LogP contribution >= 0.6 is 0 Å². The van der Waals surface area contributed by atoms with E-state index >= 15 is 0 Å². The fraction of sp³-hybridized carbons (Fsp3) is 0.400. The number of fused-ring (bicyclic) bond motifs is 2. The van der Waals surface area contributed by atoms with Crippen LogP contribution in [0.2, 0.25) is 0 Å². The van der Waals surface area contributed by atoms with Crippen LogP contribution in [0.1, 0.15) is 56.2 Å². The molecule has 4 heterocycles. The van der Waals surface area contributed by atoms with E-state index in [1.807, 2.05) is 12.1 Å². The van der Waals surface area contributed by atoms with Crippen molar-refractivity contribution in [3.05, 3.63) is 59.8 Å². The van der Waals surface area contributed by atoms with Crippen molar-refractivity contribution in [1.82, 2.24) is 24.5 Å². The summed E-state index contributed by atoms with van der Waals surface area (Å²) in [5.41, 5.74) is 11.6. The number of aromatic nitrogens is 4. The standard InChI is InChI=1S/C25H28N6/c1-16(30-12-11-25(2,26)15-30)20-8-10-23-28-29-24(31(23)14-20)21-9-7-18-5-6-19(17-3-4-17)13-22(18)27-21/h5-10,13-14,16-17H,3-4,11-12,15,26H2,1-2H3/t16-,25+/m1/s1. The van der Waals surface area contributed by atoms with Crippen LogP contribution in [0, 0.1) is 0 Å². The van der Waals surface area contributed by atoms with Crippen molar-refractivity contribution in [1.29, 1.82) is 0 Å². The Balaban J connectivity index is 1.38. The Hall–Kier alpha value is -2.83. The molecule has 2 atom stereocenters. The number of nitrogens with two attached hydrogens (primary N) is 1. The lowest BCUT2D eigenvalue weighted by atomic mass is 10.0. The summed E-state index contributed by atoms with van der Waals surface area (Å²) in [4.78, 5) is 7.42. The van der Waals surface area contributed by atoms with Gasteiger partial charge in [-0.1, -0.05) is 24.3 Å². The van der Waals surface area contributed by atoms with Gasteiger partial charge in [-0.15, -0.1) is 10.2 Å². The molecule has 3 aromatic heterocycles. The highest BCUT2D eigenvalue weighted by Gasteiger charge is 2.32. The van der Waals surface area contributed by atoms with E-state index in [9.17, 15) is 0 Å². The van der Waals surface area contributed by atoms with Gasteiger partial charge < -0.3 is 5.73 Å². The van der Waals surface area contributed by atoms with Crippen LogP contribution in [0.15, 0.2) is 48.7 Å². The van der Waals surface area contributed by atoms with Crippen LogP contribution in [0.25, 0.3) is 28.1 Å². The number of hydrogen-bond acceptors (Lipinski definition) is 5. The summed E-state index contributed by atoms with van der Waals surface area (Å²) < 4.78 is 2.07. The van der Waals surface area contributed by atoms with Crippen molar-refractivity contribution < 1.29 is 0 Å². The van der Waals surface area contributed by atoms with Gasteiger partial charge in [0.2, 0.25) is 0 Å². The average Bonchev–Trinajstić information content (AvgIpc) is 3.44. The smallest absolute Gasteiger partial charge is 0.187 e. The van der Waals surface area contributed by atoms with E-state index in [0.29, 0.717) is 5.92 Å². The minimum Gasteiger partial charge on any atom is -0.324 e. The summed E-state index contributed by atoms with van der Waals surface area (Å²) in [6.07, 6.45) is 5.78. The molecular weight excluding hydrogens is 384 g/mol. The number of rotatable bonds is 4. The molecule has 2 N–H and O–H groups in total. The van der Waals surface area contributed by atoms with Gasteiger partial charge >= 0.3 is 0 Å².